The van der Waals surface area contributed by atoms with E-state index in [-0.39, 0.29) is 29.1 Å². The Labute approximate surface area is 167 Å². The summed E-state index contributed by atoms with van der Waals surface area (Å²) >= 11 is 6.93. The van der Waals surface area contributed by atoms with Crippen LogP contribution in [0, 0.1) is 11.6 Å². The number of hydrogen-bond donors (Lipinski definition) is 2. The highest BCUT2D eigenvalue weighted by molar-refractivity contribution is 7.99. The van der Waals surface area contributed by atoms with Crippen molar-refractivity contribution in [1.82, 2.24) is 14.9 Å². The molecule has 0 saturated heterocycles. The van der Waals surface area contributed by atoms with Crippen LogP contribution in [0.2, 0.25) is 5.02 Å². The summed E-state index contributed by atoms with van der Waals surface area (Å²) in [6.45, 7) is 0.0209. The number of anilines is 1. The summed E-state index contributed by atoms with van der Waals surface area (Å²) in [5, 5.41) is 10.8. The number of ether oxygens (including phenoxy) is 1. The first-order valence-electron chi connectivity index (χ1n) is 7.88. The quantitative estimate of drug-likeness (QED) is 0.445. The maximum Gasteiger partial charge on any atom is 0.234 e. The molecule has 0 aliphatic carbocycles. The number of nitrogen functional groups attached to an aromatic ring is 1. The average Bonchev–Trinajstić information content (AvgIpc) is 3.02. The van der Waals surface area contributed by atoms with Crippen LogP contribution in [0.4, 0.5) is 14.5 Å². The maximum atomic E-state index is 13.0. The Morgan fingerprint density at radius 3 is 2.61 bits per heavy atom. The lowest BCUT2D eigenvalue weighted by Gasteiger charge is -2.08. The van der Waals surface area contributed by atoms with E-state index in [4.69, 9.17) is 22.2 Å². The van der Waals surface area contributed by atoms with Gasteiger partial charge in [0.25, 0.3) is 0 Å². The topological polar surface area (TPSA) is 95.1 Å². The van der Waals surface area contributed by atoms with Gasteiger partial charge in [-0.2, -0.15) is 0 Å². The van der Waals surface area contributed by atoms with Crippen molar-refractivity contribution in [1.29, 1.82) is 0 Å². The van der Waals surface area contributed by atoms with Gasteiger partial charge in [-0.15, -0.1) is 10.2 Å². The summed E-state index contributed by atoms with van der Waals surface area (Å²) in [7, 11) is 0. The van der Waals surface area contributed by atoms with E-state index in [2.05, 4.69) is 15.5 Å². The third-order valence-electron chi connectivity index (χ3n) is 3.45. The standard InChI is InChI=1S/C17H14ClF2N5O2S/c18-13-7-11(20)3-6-14(13)22-16(26)9-28-17-24-23-15(25(17)21)8-27-12-4-1-10(19)2-5-12/h1-7H,8-9,21H2,(H,22,26). The first-order valence-corrected chi connectivity index (χ1v) is 9.24. The van der Waals surface area contributed by atoms with E-state index in [0.29, 0.717) is 22.4 Å². The van der Waals surface area contributed by atoms with Crippen LogP contribution in [0.25, 0.3) is 0 Å². The Kier molecular flexibility index (Phi) is 6.32. The van der Waals surface area contributed by atoms with Crippen molar-refractivity contribution in [2.45, 2.75) is 11.8 Å². The number of aromatic nitrogens is 3. The molecule has 1 aromatic heterocycles. The van der Waals surface area contributed by atoms with Gasteiger partial charge in [-0.25, -0.2) is 13.5 Å². The zero-order chi connectivity index (χ0) is 20.1. The molecule has 2 aromatic carbocycles. The van der Waals surface area contributed by atoms with Crippen molar-refractivity contribution < 1.29 is 18.3 Å². The van der Waals surface area contributed by atoms with Crippen molar-refractivity contribution in [2.75, 3.05) is 16.9 Å². The first kappa shape index (κ1) is 19.9. The van der Waals surface area contributed by atoms with Crippen molar-refractivity contribution in [3.8, 4) is 5.75 Å². The number of nitrogens with two attached hydrogens (primary N) is 1. The lowest BCUT2D eigenvalue weighted by molar-refractivity contribution is -0.113. The fraction of sp³-hybridized carbons (Fsp3) is 0.118. The van der Waals surface area contributed by atoms with E-state index in [1.165, 1.54) is 41.1 Å². The van der Waals surface area contributed by atoms with Crippen molar-refractivity contribution in [2.24, 2.45) is 0 Å². The van der Waals surface area contributed by atoms with Crippen molar-refractivity contribution >= 4 is 35.0 Å². The normalized spacial score (nSPS) is 10.7. The summed E-state index contributed by atoms with van der Waals surface area (Å²) in [4.78, 5) is 12.0. The molecule has 0 aliphatic rings. The predicted molar refractivity (Wildman–Crippen MR) is 102 cm³/mol. The van der Waals surface area contributed by atoms with E-state index in [1.54, 1.807) is 0 Å². The average molecular weight is 426 g/mol. The van der Waals surface area contributed by atoms with Gasteiger partial charge in [0.15, 0.2) is 5.82 Å². The third kappa shape index (κ3) is 5.11. The minimum Gasteiger partial charge on any atom is -0.486 e. The van der Waals surface area contributed by atoms with Gasteiger partial charge >= 0.3 is 0 Å². The summed E-state index contributed by atoms with van der Waals surface area (Å²) in [6.07, 6.45) is 0. The summed E-state index contributed by atoms with van der Waals surface area (Å²) < 4.78 is 32.6. The molecule has 1 heterocycles. The minimum absolute atomic E-state index is 0.0120. The number of amides is 1. The fourth-order valence-corrected chi connectivity index (χ4v) is 2.98. The summed E-state index contributed by atoms with van der Waals surface area (Å²) in [5.41, 5.74) is 0.302. The number of halogens is 3. The highest BCUT2D eigenvalue weighted by atomic mass is 35.5. The van der Waals surface area contributed by atoms with Gasteiger partial charge in [0.1, 0.15) is 24.0 Å². The van der Waals surface area contributed by atoms with Crippen LogP contribution < -0.4 is 15.9 Å². The van der Waals surface area contributed by atoms with Gasteiger partial charge in [0.2, 0.25) is 11.1 Å². The Hall–Kier alpha value is -2.85. The highest BCUT2D eigenvalue weighted by Gasteiger charge is 2.14. The minimum atomic E-state index is -0.496. The molecule has 28 heavy (non-hydrogen) atoms. The number of rotatable bonds is 7. The fourth-order valence-electron chi connectivity index (χ4n) is 2.09. The van der Waals surface area contributed by atoms with Crippen LogP contribution in [-0.4, -0.2) is 26.5 Å². The van der Waals surface area contributed by atoms with Gasteiger partial charge in [-0.3, -0.25) is 4.79 Å². The number of thioether (sulfide) groups is 1. The second kappa shape index (κ2) is 8.89. The predicted octanol–water partition coefficient (Wildman–Crippen LogP) is 3.23. The van der Waals surface area contributed by atoms with Crippen LogP contribution in [0.1, 0.15) is 5.82 Å². The van der Waals surface area contributed by atoms with Crippen molar-refractivity contribution in [3.05, 3.63) is 64.9 Å². The number of carbonyl (C=O) groups excluding carboxylic acids is 1. The molecule has 0 unspecified atom stereocenters. The van der Waals surface area contributed by atoms with Crippen LogP contribution >= 0.6 is 23.4 Å². The van der Waals surface area contributed by atoms with Gasteiger partial charge < -0.3 is 15.9 Å². The molecule has 1 amide bonds. The SMILES string of the molecule is Nn1c(COc2ccc(F)cc2)nnc1SCC(=O)Nc1ccc(F)cc1Cl. The maximum absolute atomic E-state index is 13.0. The first-order chi connectivity index (χ1) is 13.4. The molecule has 7 nitrogen and oxygen atoms in total. The molecule has 0 spiro atoms. The Morgan fingerprint density at radius 2 is 1.89 bits per heavy atom. The Balaban J connectivity index is 1.53. The molecule has 11 heteroatoms. The smallest absolute Gasteiger partial charge is 0.234 e. The summed E-state index contributed by atoms with van der Waals surface area (Å²) in [6, 6.07) is 9.18. The number of nitrogens with one attached hydrogen (secondary N) is 1. The Morgan fingerprint density at radius 1 is 1.18 bits per heavy atom. The second-order valence-corrected chi connectivity index (χ2v) is 6.82. The van der Waals surface area contributed by atoms with Gasteiger partial charge in [0.05, 0.1) is 16.5 Å². The number of nitrogens with zero attached hydrogens (tertiary/aromatic N) is 3. The third-order valence-corrected chi connectivity index (χ3v) is 4.71. The second-order valence-electron chi connectivity index (χ2n) is 5.47. The molecule has 3 rings (SSSR count). The monoisotopic (exact) mass is 425 g/mol. The zero-order valence-electron chi connectivity index (χ0n) is 14.2. The molecule has 146 valence electrons. The van der Waals surface area contributed by atoms with E-state index in [9.17, 15) is 13.6 Å². The van der Waals surface area contributed by atoms with Crippen LogP contribution in [0.3, 0.4) is 0 Å². The number of hydrogen-bond acceptors (Lipinski definition) is 6. The summed E-state index contributed by atoms with van der Waals surface area (Å²) in [5.74, 6) is 5.44. The molecule has 3 aromatic rings. The molecule has 3 N–H and O–H groups in total. The molecule has 0 saturated carbocycles. The molecular formula is C17H14ClF2N5O2S. The zero-order valence-corrected chi connectivity index (χ0v) is 15.8. The molecule has 0 bridgehead atoms. The number of carbonyl (C=O) groups is 1. The lowest BCUT2D eigenvalue weighted by Crippen LogP contribution is -2.18. The van der Waals surface area contributed by atoms with E-state index in [0.717, 1.165) is 17.8 Å². The lowest BCUT2D eigenvalue weighted by atomic mass is 10.3. The van der Waals surface area contributed by atoms with E-state index >= 15 is 0 Å². The molecule has 0 atom stereocenters. The van der Waals surface area contributed by atoms with Gasteiger partial charge in [0, 0.05) is 0 Å². The van der Waals surface area contributed by atoms with Crippen molar-refractivity contribution in [3.63, 3.8) is 0 Å². The largest absolute Gasteiger partial charge is 0.486 e. The van der Waals surface area contributed by atoms with Crippen LogP contribution in [0.5, 0.6) is 5.75 Å². The number of benzene rings is 2. The van der Waals surface area contributed by atoms with E-state index in [1.807, 2.05) is 0 Å². The highest BCUT2D eigenvalue weighted by Crippen LogP contribution is 2.23. The van der Waals surface area contributed by atoms with Crippen LogP contribution in [-0.2, 0) is 11.4 Å². The Bertz CT molecular complexity index is 984. The van der Waals surface area contributed by atoms with Gasteiger partial charge in [-0.05, 0) is 42.5 Å². The molecule has 0 aliphatic heterocycles. The molecule has 0 radical (unpaired) electrons. The van der Waals surface area contributed by atoms with E-state index < -0.39 is 5.82 Å². The molecular weight excluding hydrogens is 412 g/mol. The molecule has 0 fully saturated rings. The van der Waals surface area contributed by atoms with Gasteiger partial charge in [-0.1, -0.05) is 23.4 Å². The van der Waals surface area contributed by atoms with Crippen LogP contribution in [0.15, 0.2) is 47.6 Å².